The third-order valence-electron chi connectivity index (χ3n) is 1.64. The molecule has 16 heavy (non-hydrogen) atoms. The standard InChI is InChI=1S/C10H11F3N2O/c1-15(2)9(16)14-8-5-3-4-7(6-8)10(11,12)13/h3-6H,1-2H3,(H,14,16)/i1D3,2D3. The van der Waals surface area contributed by atoms with Crippen LogP contribution in [0.5, 0.6) is 0 Å². The van der Waals surface area contributed by atoms with Crippen molar-refractivity contribution in [2.75, 3.05) is 19.3 Å². The van der Waals surface area contributed by atoms with Gasteiger partial charge >= 0.3 is 12.2 Å². The average Bonchev–Trinajstić information content (AvgIpc) is 2.23. The number of halogens is 3. The third-order valence-corrected chi connectivity index (χ3v) is 1.64. The summed E-state index contributed by atoms with van der Waals surface area (Å²) in [4.78, 5) is 11.4. The van der Waals surface area contributed by atoms with Gasteiger partial charge in [-0.25, -0.2) is 4.79 Å². The first-order chi connectivity index (χ1) is 9.73. The molecule has 0 saturated heterocycles. The molecular weight excluding hydrogens is 221 g/mol. The molecule has 0 unspecified atom stereocenters. The van der Waals surface area contributed by atoms with Crippen molar-refractivity contribution in [1.29, 1.82) is 0 Å². The Kier molecular flexibility index (Phi) is 1.69. The Morgan fingerprint density at radius 2 is 2.12 bits per heavy atom. The summed E-state index contributed by atoms with van der Waals surface area (Å²) in [5.41, 5.74) is -1.45. The lowest BCUT2D eigenvalue weighted by atomic mass is 10.2. The van der Waals surface area contributed by atoms with E-state index in [4.69, 9.17) is 8.22 Å². The second-order valence-electron chi connectivity index (χ2n) is 2.84. The van der Waals surface area contributed by atoms with Crippen LogP contribution in [0.15, 0.2) is 24.3 Å². The number of nitrogens with one attached hydrogen (secondary N) is 1. The number of nitrogens with zero attached hydrogens (tertiary/aromatic N) is 1. The fourth-order valence-electron chi connectivity index (χ4n) is 0.953. The predicted octanol–water partition coefficient (Wildman–Crippen LogP) is 2.80. The Bertz CT molecular complexity index is 541. The van der Waals surface area contributed by atoms with Crippen LogP contribution in [-0.2, 0) is 6.18 Å². The van der Waals surface area contributed by atoms with Crippen molar-refractivity contribution in [2.24, 2.45) is 0 Å². The Hall–Kier alpha value is -1.72. The molecule has 6 heteroatoms. The summed E-state index contributed by atoms with van der Waals surface area (Å²) >= 11 is 0. The van der Waals surface area contributed by atoms with E-state index in [1.54, 1.807) is 0 Å². The molecule has 1 rings (SSSR count). The van der Waals surface area contributed by atoms with Crippen LogP contribution >= 0.6 is 0 Å². The average molecular weight is 238 g/mol. The molecule has 88 valence electrons. The van der Waals surface area contributed by atoms with Crippen LogP contribution < -0.4 is 5.32 Å². The zero-order valence-corrected chi connectivity index (χ0v) is 7.80. The molecule has 0 aliphatic carbocycles. The van der Waals surface area contributed by atoms with Crippen LogP contribution in [0.3, 0.4) is 0 Å². The van der Waals surface area contributed by atoms with Crippen molar-refractivity contribution < 1.29 is 26.2 Å². The Morgan fingerprint density at radius 3 is 2.69 bits per heavy atom. The first-order valence-corrected chi connectivity index (χ1v) is 4.01. The highest BCUT2D eigenvalue weighted by atomic mass is 19.4. The third kappa shape index (κ3) is 3.15. The number of carbonyl (C=O) groups excluding carboxylic acids is 1. The zero-order chi connectivity index (χ0) is 17.3. The second-order valence-corrected chi connectivity index (χ2v) is 2.84. The summed E-state index contributed by atoms with van der Waals surface area (Å²) in [5.74, 6) is 0. The van der Waals surface area contributed by atoms with Gasteiger partial charge in [-0.1, -0.05) is 6.07 Å². The molecule has 0 fully saturated rings. The van der Waals surface area contributed by atoms with Crippen LogP contribution in [0.4, 0.5) is 23.7 Å². The highest BCUT2D eigenvalue weighted by Gasteiger charge is 2.30. The number of amides is 2. The number of benzene rings is 1. The second kappa shape index (κ2) is 4.42. The van der Waals surface area contributed by atoms with Gasteiger partial charge in [-0.3, -0.25) is 0 Å². The monoisotopic (exact) mass is 238 g/mol. The summed E-state index contributed by atoms with van der Waals surface area (Å²) in [6.07, 6.45) is -4.66. The Morgan fingerprint density at radius 1 is 1.44 bits per heavy atom. The summed E-state index contributed by atoms with van der Waals surface area (Å²) in [6, 6.07) is 1.83. The highest BCUT2D eigenvalue weighted by Crippen LogP contribution is 2.30. The van der Waals surface area contributed by atoms with Crippen molar-refractivity contribution in [3.8, 4) is 0 Å². The van der Waals surface area contributed by atoms with Gasteiger partial charge < -0.3 is 10.2 Å². The SMILES string of the molecule is [2H]C([2H])([2H])N(C(=O)Nc1cccc(C(F)(F)F)c1)C([2H])([2H])[2H]. The fraction of sp³-hybridized carbons (Fsp3) is 0.300. The van der Waals surface area contributed by atoms with E-state index in [1.165, 1.54) is 0 Å². The lowest BCUT2D eigenvalue weighted by molar-refractivity contribution is -0.137. The van der Waals surface area contributed by atoms with Gasteiger partial charge in [0.25, 0.3) is 0 Å². The molecule has 0 bridgehead atoms. The van der Waals surface area contributed by atoms with Crippen molar-refractivity contribution in [1.82, 2.24) is 4.90 Å². The number of hydrogen-bond acceptors (Lipinski definition) is 1. The molecule has 0 radical (unpaired) electrons. The van der Waals surface area contributed by atoms with Crippen LogP contribution in [0.1, 0.15) is 13.8 Å². The Balaban J connectivity index is 3.06. The Labute approximate surface area is 99.3 Å². The first kappa shape index (κ1) is 6.12. The van der Waals surface area contributed by atoms with Gasteiger partial charge in [0.15, 0.2) is 0 Å². The van der Waals surface area contributed by atoms with E-state index in [0.29, 0.717) is 6.07 Å². The van der Waals surface area contributed by atoms with Crippen LogP contribution in [0.25, 0.3) is 0 Å². The van der Waals surface area contributed by atoms with E-state index in [2.05, 4.69) is 0 Å². The number of anilines is 1. The fourth-order valence-corrected chi connectivity index (χ4v) is 0.953. The van der Waals surface area contributed by atoms with Crippen LogP contribution in [0.2, 0.25) is 0 Å². The lowest BCUT2D eigenvalue weighted by Crippen LogP contribution is -2.27. The van der Waals surface area contributed by atoms with Crippen LogP contribution in [-0.4, -0.2) is 24.9 Å². The maximum Gasteiger partial charge on any atom is 0.416 e. The maximum atomic E-state index is 12.5. The smallest absolute Gasteiger partial charge is 0.331 e. The van der Waals surface area contributed by atoms with Crippen molar-refractivity contribution in [2.45, 2.75) is 6.18 Å². The normalized spacial score (nSPS) is 18.2. The highest BCUT2D eigenvalue weighted by molar-refractivity contribution is 5.88. The summed E-state index contributed by atoms with van der Waals surface area (Å²) in [6.45, 7) is -6.56. The predicted molar refractivity (Wildman–Crippen MR) is 54.1 cm³/mol. The van der Waals surface area contributed by atoms with Gasteiger partial charge in [0, 0.05) is 27.9 Å². The number of alkyl halides is 3. The van der Waals surface area contributed by atoms with Gasteiger partial charge in [-0.2, -0.15) is 13.2 Å². The minimum Gasteiger partial charge on any atom is -0.331 e. The molecule has 3 nitrogen and oxygen atoms in total. The molecule has 0 heterocycles. The number of rotatable bonds is 1. The molecule has 0 saturated carbocycles. The van der Waals surface area contributed by atoms with Crippen molar-refractivity contribution >= 4 is 11.7 Å². The topological polar surface area (TPSA) is 32.3 Å². The summed E-state index contributed by atoms with van der Waals surface area (Å²) < 4.78 is 79.9. The summed E-state index contributed by atoms with van der Waals surface area (Å²) in [5, 5.41) is 1.83. The van der Waals surface area contributed by atoms with Gasteiger partial charge in [-0.05, 0) is 18.2 Å². The van der Waals surface area contributed by atoms with E-state index in [-0.39, 0.29) is 10.6 Å². The largest absolute Gasteiger partial charge is 0.416 e. The van der Waals surface area contributed by atoms with E-state index in [0.717, 1.165) is 18.2 Å². The minimum absolute atomic E-state index is 0.377. The number of hydrogen-bond donors (Lipinski definition) is 1. The van der Waals surface area contributed by atoms with Crippen molar-refractivity contribution in [3.05, 3.63) is 29.8 Å². The van der Waals surface area contributed by atoms with Crippen LogP contribution in [0, 0.1) is 0 Å². The van der Waals surface area contributed by atoms with E-state index < -0.39 is 31.7 Å². The van der Waals surface area contributed by atoms with Gasteiger partial charge in [0.1, 0.15) is 0 Å². The molecule has 0 aliphatic heterocycles. The minimum atomic E-state index is -4.66. The van der Waals surface area contributed by atoms with E-state index in [9.17, 15) is 18.0 Å². The molecule has 2 amide bonds. The molecule has 1 aromatic rings. The van der Waals surface area contributed by atoms with E-state index >= 15 is 0 Å². The van der Waals surface area contributed by atoms with Crippen molar-refractivity contribution in [3.63, 3.8) is 0 Å². The zero-order valence-electron chi connectivity index (χ0n) is 13.8. The van der Waals surface area contributed by atoms with Gasteiger partial charge in [0.05, 0.1) is 5.56 Å². The molecule has 0 spiro atoms. The maximum absolute atomic E-state index is 12.5. The number of carbonyl (C=O) groups is 1. The molecule has 0 aromatic heterocycles. The molecule has 0 aliphatic rings. The molecule has 0 atom stereocenters. The van der Waals surface area contributed by atoms with Gasteiger partial charge in [-0.15, -0.1) is 0 Å². The number of urea groups is 1. The quantitative estimate of drug-likeness (QED) is 0.801. The summed E-state index contributed by atoms with van der Waals surface area (Å²) in [7, 11) is 0. The van der Waals surface area contributed by atoms with Gasteiger partial charge in [0.2, 0.25) is 0 Å². The van der Waals surface area contributed by atoms with E-state index in [1.807, 2.05) is 5.32 Å². The lowest BCUT2D eigenvalue weighted by Gasteiger charge is -2.13. The first-order valence-electron chi connectivity index (χ1n) is 7.01. The molecule has 1 aromatic carbocycles. The molecular formula is C10H11F3N2O. The molecule has 1 N–H and O–H groups in total.